The zero-order valence-corrected chi connectivity index (χ0v) is 11.1. The van der Waals surface area contributed by atoms with Crippen LogP contribution in [0.3, 0.4) is 0 Å². The fourth-order valence-corrected chi connectivity index (χ4v) is 1.62. The second kappa shape index (κ2) is 6.00. The number of hydrogen-bond acceptors (Lipinski definition) is 4. The molecule has 8 nitrogen and oxygen atoms in total. The summed E-state index contributed by atoms with van der Waals surface area (Å²) in [6.45, 7) is 3.25. The Kier molecular flexibility index (Phi) is 4.63. The van der Waals surface area contributed by atoms with Crippen molar-refractivity contribution >= 4 is 23.6 Å². The summed E-state index contributed by atoms with van der Waals surface area (Å²) in [7, 11) is 0. The maximum Gasteiger partial charge on any atom is 0.356 e. The standard InChI is InChI=1S/C12H16N4O4/c1-12(2,6-8(13)17)16-11(20)15-7-4-3-5-14-9(7)10(18)19/h3-5H,6H2,1-2H3,(H2,13,17)(H,18,19)(H2,15,16,20). The molecular formula is C12H16N4O4. The molecule has 0 saturated heterocycles. The normalized spacial score (nSPS) is 10.7. The minimum absolute atomic E-state index is 0.0424. The number of carbonyl (C=O) groups excluding carboxylic acids is 2. The number of anilines is 1. The largest absolute Gasteiger partial charge is 0.476 e. The van der Waals surface area contributed by atoms with Crippen LogP contribution in [0.15, 0.2) is 18.3 Å². The van der Waals surface area contributed by atoms with Gasteiger partial charge >= 0.3 is 12.0 Å². The van der Waals surface area contributed by atoms with E-state index in [0.29, 0.717) is 0 Å². The first-order chi connectivity index (χ1) is 9.21. The molecule has 0 atom stereocenters. The summed E-state index contributed by atoms with van der Waals surface area (Å²) in [6.07, 6.45) is 1.27. The van der Waals surface area contributed by atoms with Crippen LogP contribution >= 0.6 is 0 Å². The molecular weight excluding hydrogens is 264 g/mol. The Bertz CT molecular complexity index is 542. The van der Waals surface area contributed by atoms with Crippen molar-refractivity contribution in [3.8, 4) is 0 Å². The van der Waals surface area contributed by atoms with Crippen LogP contribution in [0.2, 0.25) is 0 Å². The van der Waals surface area contributed by atoms with Crippen LogP contribution in [0.4, 0.5) is 10.5 Å². The number of nitrogens with two attached hydrogens (primary N) is 1. The van der Waals surface area contributed by atoms with E-state index in [2.05, 4.69) is 15.6 Å². The highest BCUT2D eigenvalue weighted by molar-refractivity contribution is 5.98. The molecule has 0 aliphatic rings. The van der Waals surface area contributed by atoms with Crippen LogP contribution in [-0.4, -0.2) is 33.5 Å². The Balaban J connectivity index is 2.77. The average molecular weight is 280 g/mol. The number of nitrogens with one attached hydrogen (secondary N) is 2. The first-order valence-corrected chi connectivity index (χ1v) is 5.77. The van der Waals surface area contributed by atoms with Crippen molar-refractivity contribution in [1.29, 1.82) is 0 Å². The third-order valence-electron chi connectivity index (χ3n) is 2.33. The highest BCUT2D eigenvalue weighted by Gasteiger charge is 2.23. The van der Waals surface area contributed by atoms with E-state index < -0.39 is 23.4 Å². The van der Waals surface area contributed by atoms with Gasteiger partial charge in [0, 0.05) is 18.2 Å². The number of carboxylic acid groups (broad SMARTS) is 1. The lowest BCUT2D eigenvalue weighted by atomic mass is 10.0. The molecule has 108 valence electrons. The van der Waals surface area contributed by atoms with Gasteiger partial charge in [0.2, 0.25) is 5.91 Å². The van der Waals surface area contributed by atoms with Gasteiger partial charge in [-0.3, -0.25) is 4.79 Å². The number of urea groups is 1. The van der Waals surface area contributed by atoms with Crippen molar-refractivity contribution in [3.63, 3.8) is 0 Å². The third-order valence-corrected chi connectivity index (χ3v) is 2.33. The molecule has 0 saturated carbocycles. The van der Waals surface area contributed by atoms with Gasteiger partial charge in [0.1, 0.15) is 0 Å². The number of rotatable bonds is 5. The maximum atomic E-state index is 11.8. The second-order valence-electron chi connectivity index (χ2n) is 4.81. The van der Waals surface area contributed by atoms with Crippen molar-refractivity contribution < 1.29 is 19.5 Å². The van der Waals surface area contributed by atoms with Gasteiger partial charge in [0.25, 0.3) is 0 Å². The van der Waals surface area contributed by atoms with Crippen LogP contribution in [0.25, 0.3) is 0 Å². The van der Waals surface area contributed by atoms with Crippen LogP contribution < -0.4 is 16.4 Å². The summed E-state index contributed by atoms with van der Waals surface area (Å²) in [6, 6.07) is 2.26. The zero-order chi connectivity index (χ0) is 15.3. The first-order valence-electron chi connectivity index (χ1n) is 5.77. The Labute approximate surface area is 115 Å². The molecule has 1 rings (SSSR count). The van der Waals surface area contributed by atoms with Gasteiger partial charge in [-0.15, -0.1) is 0 Å². The second-order valence-corrected chi connectivity index (χ2v) is 4.81. The quantitative estimate of drug-likeness (QED) is 0.625. The van der Waals surface area contributed by atoms with Gasteiger partial charge in [0.15, 0.2) is 5.69 Å². The van der Waals surface area contributed by atoms with Crippen LogP contribution in [0, 0.1) is 0 Å². The molecule has 3 amide bonds. The van der Waals surface area contributed by atoms with Crippen molar-refractivity contribution in [1.82, 2.24) is 10.3 Å². The number of amides is 3. The Hall–Kier alpha value is -2.64. The summed E-state index contributed by atoms with van der Waals surface area (Å²) in [5, 5.41) is 13.8. The number of aromatic nitrogens is 1. The van der Waals surface area contributed by atoms with Gasteiger partial charge in [0.05, 0.1) is 5.69 Å². The minimum Gasteiger partial charge on any atom is -0.476 e. The summed E-state index contributed by atoms with van der Waals surface area (Å²) in [5.74, 6) is -1.81. The van der Waals surface area contributed by atoms with E-state index in [9.17, 15) is 14.4 Å². The topological polar surface area (TPSA) is 134 Å². The smallest absolute Gasteiger partial charge is 0.356 e. The molecule has 1 aromatic rings. The number of carbonyl (C=O) groups is 3. The molecule has 0 radical (unpaired) electrons. The van der Waals surface area contributed by atoms with Crippen molar-refractivity contribution in [2.24, 2.45) is 5.73 Å². The number of primary amides is 1. The van der Waals surface area contributed by atoms with E-state index in [1.54, 1.807) is 13.8 Å². The SMILES string of the molecule is CC(C)(CC(N)=O)NC(=O)Nc1cccnc1C(=O)O. The summed E-state index contributed by atoms with van der Waals surface area (Å²) >= 11 is 0. The van der Waals surface area contributed by atoms with E-state index in [0.717, 1.165) is 0 Å². The monoisotopic (exact) mass is 280 g/mol. The number of hydrogen-bond donors (Lipinski definition) is 4. The van der Waals surface area contributed by atoms with E-state index >= 15 is 0 Å². The fourth-order valence-electron chi connectivity index (χ4n) is 1.62. The highest BCUT2D eigenvalue weighted by atomic mass is 16.4. The molecule has 0 unspecified atom stereocenters. The summed E-state index contributed by atoms with van der Waals surface area (Å²) in [5.41, 5.74) is 4.02. The van der Waals surface area contributed by atoms with Gasteiger partial charge in [-0.2, -0.15) is 0 Å². The van der Waals surface area contributed by atoms with Gasteiger partial charge in [-0.05, 0) is 26.0 Å². The minimum atomic E-state index is -1.25. The molecule has 8 heteroatoms. The average Bonchev–Trinajstić information content (AvgIpc) is 2.26. The maximum absolute atomic E-state index is 11.8. The predicted octanol–water partition coefficient (Wildman–Crippen LogP) is 0.555. The lowest BCUT2D eigenvalue weighted by Gasteiger charge is -2.24. The van der Waals surface area contributed by atoms with E-state index in [1.165, 1.54) is 18.3 Å². The van der Waals surface area contributed by atoms with Gasteiger partial charge in [-0.1, -0.05) is 0 Å². The molecule has 0 bridgehead atoms. The summed E-state index contributed by atoms with van der Waals surface area (Å²) < 4.78 is 0. The molecule has 0 aliphatic heterocycles. The molecule has 20 heavy (non-hydrogen) atoms. The van der Waals surface area contributed by atoms with Crippen LogP contribution in [0.1, 0.15) is 30.8 Å². The number of carboxylic acids is 1. The molecule has 1 heterocycles. The van der Waals surface area contributed by atoms with E-state index in [-0.39, 0.29) is 17.8 Å². The highest BCUT2D eigenvalue weighted by Crippen LogP contribution is 2.13. The van der Waals surface area contributed by atoms with Crippen molar-refractivity contribution in [2.45, 2.75) is 25.8 Å². The van der Waals surface area contributed by atoms with Gasteiger partial charge < -0.3 is 21.5 Å². The van der Waals surface area contributed by atoms with Gasteiger partial charge in [-0.25, -0.2) is 14.6 Å². The first kappa shape index (κ1) is 15.4. The zero-order valence-electron chi connectivity index (χ0n) is 11.1. The van der Waals surface area contributed by atoms with Crippen molar-refractivity contribution in [3.05, 3.63) is 24.0 Å². The molecule has 0 aromatic carbocycles. The predicted molar refractivity (Wildman–Crippen MR) is 71.2 cm³/mol. The molecule has 0 fully saturated rings. The van der Waals surface area contributed by atoms with Crippen LogP contribution in [-0.2, 0) is 4.79 Å². The molecule has 5 N–H and O–H groups in total. The molecule has 0 aliphatic carbocycles. The van der Waals surface area contributed by atoms with E-state index in [1.807, 2.05) is 0 Å². The van der Waals surface area contributed by atoms with E-state index in [4.69, 9.17) is 10.8 Å². The number of aromatic carboxylic acids is 1. The lowest BCUT2D eigenvalue weighted by molar-refractivity contribution is -0.119. The number of pyridine rings is 1. The molecule has 1 aromatic heterocycles. The molecule has 0 spiro atoms. The third kappa shape index (κ3) is 4.56. The Morgan fingerprint density at radius 3 is 2.60 bits per heavy atom. The fraction of sp³-hybridized carbons (Fsp3) is 0.333. The lowest BCUT2D eigenvalue weighted by Crippen LogP contribution is -2.47. The summed E-state index contributed by atoms with van der Waals surface area (Å²) in [4.78, 5) is 37.2. The Morgan fingerprint density at radius 1 is 1.40 bits per heavy atom. The number of nitrogens with zero attached hydrogens (tertiary/aromatic N) is 1. The Morgan fingerprint density at radius 2 is 2.05 bits per heavy atom. The van der Waals surface area contributed by atoms with Crippen molar-refractivity contribution in [2.75, 3.05) is 5.32 Å². The van der Waals surface area contributed by atoms with Crippen LogP contribution in [0.5, 0.6) is 0 Å².